The first-order valence-electron chi connectivity index (χ1n) is 9.79. The molecule has 2 heterocycles. The number of nitrogens with zero attached hydrogens (tertiary/aromatic N) is 4. The lowest BCUT2D eigenvalue weighted by atomic mass is 10.1. The van der Waals surface area contributed by atoms with Crippen molar-refractivity contribution in [2.24, 2.45) is 12.1 Å². The smallest absolute Gasteiger partial charge is 0.327 e. The van der Waals surface area contributed by atoms with Gasteiger partial charge < -0.3 is 4.57 Å². The molecular weight excluding hydrogens is 425 g/mol. The normalized spacial score (nSPS) is 17.5. The molecule has 1 aliphatic heterocycles. The van der Waals surface area contributed by atoms with E-state index >= 15 is 0 Å². The maximum Gasteiger partial charge on any atom is 0.417 e. The molecule has 0 fully saturated rings. The Hall–Kier alpha value is -2.81. The first-order valence-corrected chi connectivity index (χ1v) is 10.7. The fourth-order valence-corrected chi connectivity index (χ4v) is 4.60. The lowest BCUT2D eigenvalue weighted by Crippen LogP contribution is -2.37. The van der Waals surface area contributed by atoms with E-state index in [0.29, 0.717) is 11.0 Å². The minimum Gasteiger partial charge on any atom is -0.327 e. The zero-order chi connectivity index (χ0) is 22.5. The van der Waals surface area contributed by atoms with Crippen molar-refractivity contribution in [1.82, 2.24) is 14.6 Å². The minimum absolute atomic E-state index is 0.0331. The molecule has 0 spiro atoms. The third-order valence-electron chi connectivity index (χ3n) is 5.20. The maximum absolute atomic E-state index is 13.5. The van der Waals surface area contributed by atoms with Gasteiger partial charge in [0.2, 0.25) is 0 Å². The number of thioether (sulfide) groups is 1. The van der Waals surface area contributed by atoms with Gasteiger partial charge in [-0.05, 0) is 39.0 Å². The van der Waals surface area contributed by atoms with E-state index < -0.39 is 11.7 Å². The Labute approximate surface area is 181 Å². The molecular formula is C22H21F3N4OS. The Morgan fingerprint density at radius 1 is 1.13 bits per heavy atom. The average Bonchev–Trinajstić information content (AvgIpc) is 3.03. The quantitative estimate of drug-likeness (QED) is 0.501. The largest absolute Gasteiger partial charge is 0.417 e. The van der Waals surface area contributed by atoms with Gasteiger partial charge in [-0.2, -0.15) is 18.3 Å². The number of hydrazone groups is 1. The summed E-state index contributed by atoms with van der Waals surface area (Å²) in [5, 5.41) is 5.76. The molecule has 2 aromatic carbocycles. The van der Waals surface area contributed by atoms with Crippen molar-refractivity contribution in [3.8, 4) is 11.4 Å². The van der Waals surface area contributed by atoms with E-state index in [1.54, 1.807) is 17.7 Å². The molecule has 0 bridgehead atoms. The van der Waals surface area contributed by atoms with Crippen LogP contribution in [0.3, 0.4) is 0 Å². The Morgan fingerprint density at radius 2 is 1.84 bits per heavy atom. The summed E-state index contributed by atoms with van der Waals surface area (Å²) in [4.78, 5) is 16.8. The number of carbonyl (C=O) groups excluding carboxylic acids is 1. The second kappa shape index (κ2) is 7.71. The molecule has 9 heteroatoms. The highest BCUT2D eigenvalue weighted by molar-refractivity contribution is 8.14. The van der Waals surface area contributed by atoms with Crippen LogP contribution in [0.2, 0.25) is 0 Å². The van der Waals surface area contributed by atoms with Crippen molar-refractivity contribution in [2.45, 2.75) is 38.2 Å². The summed E-state index contributed by atoms with van der Waals surface area (Å²) in [6.07, 6.45) is -4.48. The number of alkyl halides is 3. The maximum atomic E-state index is 13.5. The van der Waals surface area contributed by atoms with Crippen LogP contribution in [-0.4, -0.2) is 36.8 Å². The molecule has 1 aromatic heterocycles. The number of halogens is 3. The molecule has 4 rings (SSSR count). The van der Waals surface area contributed by atoms with E-state index in [1.165, 1.54) is 28.9 Å². The Kier molecular flexibility index (Phi) is 5.33. The fourth-order valence-electron chi connectivity index (χ4n) is 3.64. The molecule has 0 radical (unpaired) electrons. The molecule has 31 heavy (non-hydrogen) atoms. The van der Waals surface area contributed by atoms with E-state index in [1.807, 2.05) is 39.0 Å². The van der Waals surface area contributed by atoms with Gasteiger partial charge in [0.25, 0.3) is 0 Å². The van der Waals surface area contributed by atoms with Gasteiger partial charge in [0, 0.05) is 18.2 Å². The van der Waals surface area contributed by atoms with Crippen LogP contribution in [0.1, 0.15) is 31.9 Å². The molecule has 1 amide bonds. The Bertz CT molecular complexity index is 1200. The zero-order valence-corrected chi connectivity index (χ0v) is 18.3. The van der Waals surface area contributed by atoms with Gasteiger partial charge in [-0.15, -0.1) is 0 Å². The molecule has 1 aliphatic rings. The van der Waals surface area contributed by atoms with Crippen LogP contribution in [0, 0.1) is 0 Å². The third kappa shape index (κ3) is 3.82. The number of hydrogen-bond donors (Lipinski definition) is 0. The van der Waals surface area contributed by atoms with Crippen LogP contribution < -0.4 is 0 Å². The molecule has 0 aliphatic carbocycles. The van der Waals surface area contributed by atoms with Crippen molar-refractivity contribution in [3.05, 3.63) is 53.6 Å². The molecule has 162 valence electrons. The average molecular weight is 446 g/mol. The summed E-state index contributed by atoms with van der Waals surface area (Å²) in [5.41, 5.74) is 2.12. The second-order valence-corrected chi connectivity index (χ2v) is 8.98. The number of fused-ring (bicyclic) bond motifs is 1. The standard InChI is InChI=1S/C22H21F3N4OS/c1-12(2)29-21(30)31-13(3)19(27-29)14-9-10-18-17(11-14)26-20(28(18)4)15-7-5-6-8-16(15)22(23,24)25/h5-13H,1-4H3. The van der Waals surface area contributed by atoms with Crippen molar-refractivity contribution in [3.63, 3.8) is 0 Å². The summed E-state index contributed by atoms with van der Waals surface area (Å²) < 4.78 is 42.2. The molecule has 0 saturated carbocycles. The van der Waals surface area contributed by atoms with E-state index in [-0.39, 0.29) is 27.9 Å². The summed E-state index contributed by atoms with van der Waals surface area (Å²) in [5.74, 6) is 0.243. The monoisotopic (exact) mass is 446 g/mol. The fraction of sp³-hybridized carbons (Fsp3) is 0.318. The molecule has 3 aromatic rings. The van der Waals surface area contributed by atoms with Gasteiger partial charge in [-0.3, -0.25) is 4.79 Å². The Morgan fingerprint density at radius 3 is 2.52 bits per heavy atom. The third-order valence-corrected chi connectivity index (χ3v) is 6.17. The predicted octanol–water partition coefficient (Wildman–Crippen LogP) is 5.93. The van der Waals surface area contributed by atoms with Crippen LogP contribution >= 0.6 is 11.8 Å². The minimum atomic E-state index is -4.48. The number of imidazole rings is 1. The number of amides is 1. The summed E-state index contributed by atoms with van der Waals surface area (Å²) in [7, 11) is 1.70. The highest BCUT2D eigenvalue weighted by Gasteiger charge is 2.34. The predicted molar refractivity (Wildman–Crippen MR) is 117 cm³/mol. The zero-order valence-electron chi connectivity index (χ0n) is 17.4. The summed E-state index contributed by atoms with van der Waals surface area (Å²) in [6.45, 7) is 5.69. The Balaban J connectivity index is 1.83. The van der Waals surface area contributed by atoms with Crippen LogP contribution in [-0.2, 0) is 13.2 Å². The van der Waals surface area contributed by atoms with E-state index in [2.05, 4.69) is 10.1 Å². The van der Waals surface area contributed by atoms with Crippen molar-refractivity contribution in [1.29, 1.82) is 0 Å². The summed E-state index contributed by atoms with van der Waals surface area (Å²) >= 11 is 1.20. The van der Waals surface area contributed by atoms with E-state index in [4.69, 9.17) is 0 Å². The molecule has 0 saturated heterocycles. The number of carbonyl (C=O) groups is 1. The topological polar surface area (TPSA) is 50.5 Å². The van der Waals surface area contributed by atoms with Crippen molar-refractivity contribution < 1.29 is 18.0 Å². The van der Waals surface area contributed by atoms with Gasteiger partial charge >= 0.3 is 11.4 Å². The van der Waals surface area contributed by atoms with Gasteiger partial charge in [-0.25, -0.2) is 9.99 Å². The molecule has 5 nitrogen and oxygen atoms in total. The lowest BCUT2D eigenvalue weighted by molar-refractivity contribution is -0.137. The number of rotatable bonds is 3. The SMILES string of the molecule is CC1SC(=O)N(C(C)C)N=C1c1ccc2c(c1)nc(-c1ccccc1C(F)(F)F)n2C. The van der Waals surface area contributed by atoms with Crippen LogP contribution in [0.25, 0.3) is 22.4 Å². The number of aromatic nitrogens is 2. The number of benzene rings is 2. The molecule has 1 atom stereocenters. The van der Waals surface area contributed by atoms with Crippen LogP contribution in [0.5, 0.6) is 0 Å². The highest BCUT2D eigenvalue weighted by atomic mass is 32.2. The van der Waals surface area contributed by atoms with Crippen LogP contribution in [0.4, 0.5) is 18.0 Å². The number of aryl methyl sites for hydroxylation is 1. The van der Waals surface area contributed by atoms with E-state index in [0.717, 1.165) is 17.3 Å². The lowest BCUT2D eigenvalue weighted by Gasteiger charge is -2.29. The van der Waals surface area contributed by atoms with Gasteiger partial charge in [-0.1, -0.05) is 36.0 Å². The molecule has 1 unspecified atom stereocenters. The van der Waals surface area contributed by atoms with Crippen molar-refractivity contribution >= 4 is 33.7 Å². The van der Waals surface area contributed by atoms with Crippen molar-refractivity contribution in [2.75, 3.05) is 0 Å². The number of hydrogen-bond acceptors (Lipinski definition) is 4. The van der Waals surface area contributed by atoms with Gasteiger partial charge in [0.05, 0.1) is 33.6 Å². The van der Waals surface area contributed by atoms with Gasteiger partial charge in [0.1, 0.15) is 5.82 Å². The van der Waals surface area contributed by atoms with E-state index in [9.17, 15) is 18.0 Å². The first-order chi connectivity index (χ1) is 14.6. The summed E-state index contributed by atoms with van der Waals surface area (Å²) in [6, 6.07) is 10.9. The first kappa shape index (κ1) is 21.4. The van der Waals surface area contributed by atoms with Gasteiger partial charge in [0.15, 0.2) is 0 Å². The highest BCUT2D eigenvalue weighted by Crippen LogP contribution is 2.37. The van der Waals surface area contributed by atoms with Crippen LogP contribution in [0.15, 0.2) is 47.6 Å². The second-order valence-electron chi connectivity index (χ2n) is 7.69. The molecule has 0 N–H and O–H groups in total.